The van der Waals surface area contributed by atoms with Crippen molar-refractivity contribution in [3.63, 3.8) is 0 Å². The summed E-state index contributed by atoms with van der Waals surface area (Å²) < 4.78 is 20.7. The van der Waals surface area contributed by atoms with Crippen molar-refractivity contribution in [3.8, 4) is 23.0 Å². The van der Waals surface area contributed by atoms with E-state index in [2.05, 4.69) is 9.47 Å². The molecule has 2 heterocycles. The van der Waals surface area contributed by atoms with Crippen LogP contribution in [0.25, 0.3) is 0 Å². The maximum Gasteiger partial charge on any atom is 0.347 e. The molecular weight excluding hydrogens is 492 g/mol. The van der Waals surface area contributed by atoms with Gasteiger partial charge >= 0.3 is 23.9 Å². The molecule has 0 atom stereocenters. The number of ketones is 1. The van der Waals surface area contributed by atoms with Gasteiger partial charge in [0.1, 0.15) is 23.0 Å². The van der Waals surface area contributed by atoms with E-state index in [1.807, 2.05) is 0 Å². The number of rotatable bonds is 6. The average molecular weight is 506 g/mol. The van der Waals surface area contributed by atoms with E-state index < -0.39 is 23.9 Å². The molecule has 4 aromatic carbocycles. The van der Waals surface area contributed by atoms with E-state index >= 15 is 0 Å². The summed E-state index contributed by atoms with van der Waals surface area (Å²) in [6, 6.07) is 21.8. The van der Waals surface area contributed by atoms with Crippen molar-refractivity contribution >= 4 is 29.7 Å². The van der Waals surface area contributed by atoms with Crippen LogP contribution < -0.4 is 9.47 Å². The standard InChI is InChI=1S/C29H14O9/c30-25(15-4-6-17(7-5-15)35-19-8-10-21-23(13-19)28(33)37-26(21)31)16-2-1-3-18(12-16)36-20-9-11-22-24(14-20)29(34)38-27(22)32/h1-14H. The Labute approximate surface area is 214 Å². The second-order valence-electron chi connectivity index (χ2n) is 8.35. The van der Waals surface area contributed by atoms with Crippen molar-refractivity contribution in [2.45, 2.75) is 0 Å². The molecule has 0 N–H and O–H groups in total. The molecule has 9 nitrogen and oxygen atoms in total. The molecule has 0 fully saturated rings. The van der Waals surface area contributed by atoms with Gasteiger partial charge in [0.15, 0.2) is 5.78 Å². The van der Waals surface area contributed by atoms with Crippen molar-refractivity contribution < 1.29 is 42.9 Å². The Morgan fingerprint density at radius 1 is 0.474 bits per heavy atom. The Hall–Kier alpha value is -5.57. The minimum absolute atomic E-state index is 0.121. The normalized spacial score (nSPS) is 13.5. The predicted octanol–water partition coefficient (Wildman–Crippen LogP) is 5.12. The summed E-state index contributed by atoms with van der Waals surface area (Å²) in [7, 11) is 0. The summed E-state index contributed by atoms with van der Waals surface area (Å²) in [5.41, 5.74) is 1.38. The largest absolute Gasteiger partial charge is 0.457 e. The Balaban J connectivity index is 1.16. The smallest absolute Gasteiger partial charge is 0.347 e. The van der Waals surface area contributed by atoms with Crippen molar-refractivity contribution in [2.75, 3.05) is 0 Å². The molecule has 0 aromatic heterocycles. The third-order valence-electron chi connectivity index (χ3n) is 5.92. The number of cyclic esters (lactones) is 4. The minimum atomic E-state index is -0.736. The molecule has 0 spiro atoms. The SMILES string of the molecule is O=C(c1ccc(Oc2ccc3c(c2)C(=O)OC3=O)cc1)c1cccc(Oc2ccc3c(c2)C(=O)OC3=O)c1. The molecule has 4 aromatic rings. The highest BCUT2D eigenvalue weighted by atomic mass is 16.6. The number of hydrogen-bond donors (Lipinski definition) is 0. The fourth-order valence-electron chi connectivity index (χ4n) is 4.07. The lowest BCUT2D eigenvalue weighted by Gasteiger charge is -2.09. The van der Waals surface area contributed by atoms with Crippen LogP contribution in [0.4, 0.5) is 0 Å². The summed E-state index contributed by atoms with van der Waals surface area (Å²) in [4.78, 5) is 59.8. The van der Waals surface area contributed by atoms with Crippen molar-refractivity contribution in [1.29, 1.82) is 0 Å². The molecule has 0 unspecified atom stereocenters. The van der Waals surface area contributed by atoms with Gasteiger partial charge in [0.05, 0.1) is 22.3 Å². The fourth-order valence-corrected chi connectivity index (χ4v) is 4.07. The van der Waals surface area contributed by atoms with Crippen LogP contribution in [-0.2, 0) is 9.47 Å². The van der Waals surface area contributed by atoms with Gasteiger partial charge in [-0.05, 0) is 72.8 Å². The molecular formula is C29H14O9. The maximum absolute atomic E-state index is 13.1. The van der Waals surface area contributed by atoms with E-state index in [1.165, 1.54) is 30.3 Å². The quantitative estimate of drug-likeness (QED) is 0.199. The summed E-state index contributed by atoms with van der Waals surface area (Å²) in [6.07, 6.45) is 0. The van der Waals surface area contributed by atoms with Crippen LogP contribution in [0.3, 0.4) is 0 Å². The van der Waals surface area contributed by atoms with Gasteiger partial charge in [-0.15, -0.1) is 0 Å². The average Bonchev–Trinajstić information content (AvgIpc) is 3.37. The van der Waals surface area contributed by atoms with Gasteiger partial charge < -0.3 is 18.9 Å². The Morgan fingerprint density at radius 2 is 0.947 bits per heavy atom. The van der Waals surface area contributed by atoms with Crippen LogP contribution in [0.1, 0.15) is 57.4 Å². The predicted molar refractivity (Wildman–Crippen MR) is 129 cm³/mol. The number of ether oxygens (including phenoxy) is 4. The first kappa shape index (κ1) is 22.9. The molecule has 6 rings (SSSR count). The van der Waals surface area contributed by atoms with Crippen LogP contribution in [0.5, 0.6) is 23.0 Å². The first-order valence-electron chi connectivity index (χ1n) is 11.3. The van der Waals surface area contributed by atoms with Crippen LogP contribution in [0, 0.1) is 0 Å². The zero-order valence-corrected chi connectivity index (χ0v) is 19.3. The second-order valence-corrected chi connectivity index (χ2v) is 8.35. The highest BCUT2D eigenvalue weighted by molar-refractivity contribution is 6.15. The topological polar surface area (TPSA) is 122 Å². The molecule has 2 aliphatic rings. The number of fused-ring (bicyclic) bond motifs is 2. The Kier molecular flexibility index (Phi) is 5.31. The lowest BCUT2D eigenvalue weighted by molar-refractivity contribution is 0.0425. The molecule has 38 heavy (non-hydrogen) atoms. The zero-order chi connectivity index (χ0) is 26.4. The molecule has 0 saturated carbocycles. The monoisotopic (exact) mass is 506 g/mol. The minimum Gasteiger partial charge on any atom is -0.457 e. The second kappa shape index (κ2) is 8.82. The number of esters is 4. The summed E-state index contributed by atoms with van der Waals surface area (Å²) >= 11 is 0. The zero-order valence-electron chi connectivity index (χ0n) is 19.3. The van der Waals surface area contributed by atoms with Gasteiger partial charge in [-0.3, -0.25) is 4.79 Å². The van der Waals surface area contributed by atoms with Crippen molar-refractivity contribution in [3.05, 3.63) is 118 Å². The number of carbonyl (C=O) groups is 5. The Morgan fingerprint density at radius 3 is 1.53 bits per heavy atom. The van der Waals surface area contributed by atoms with Gasteiger partial charge in [-0.25, -0.2) is 19.2 Å². The van der Waals surface area contributed by atoms with Gasteiger partial charge in [0.25, 0.3) is 0 Å². The van der Waals surface area contributed by atoms with Gasteiger partial charge in [0.2, 0.25) is 0 Å². The summed E-state index contributed by atoms with van der Waals surface area (Å²) in [6.45, 7) is 0. The van der Waals surface area contributed by atoms with Crippen LogP contribution in [-0.4, -0.2) is 29.7 Å². The van der Waals surface area contributed by atoms with E-state index in [0.717, 1.165) is 0 Å². The molecule has 9 heteroatoms. The van der Waals surface area contributed by atoms with E-state index in [-0.39, 0.29) is 28.0 Å². The van der Waals surface area contributed by atoms with Crippen LogP contribution in [0.15, 0.2) is 84.9 Å². The molecule has 184 valence electrons. The highest BCUT2D eigenvalue weighted by Crippen LogP contribution is 2.30. The first-order valence-corrected chi connectivity index (χ1v) is 11.3. The van der Waals surface area contributed by atoms with Crippen LogP contribution >= 0.6 is 0 Å². The molecule has 0 amide bonds. The van der Waals surface area contributed by atoms with Gasteiger partial charge in [0, 0.05) is 11.1 Å². The van der Waals surface area contributed by atoms with Gasteiger partial charge in [-0.1, -0.05) is 12.1 Å². The maximum atomic E-state index is 13.1. The third kappa shape index (κ3) is 4.07. The first-order chi connectivity index (χ1) is 18.4. The number of hydrogen-bond acceptors (Lipinski definition) is 9. The number of benzene rings is 4. The molecule has 0 bridgehead atoms. The van der Waals surface area contributed by atoms with Crippen molar-refractivity contribution in [2.24, 2.45) is 0 Å². The van der Waals surface area contributed by atoms with Crippen LogP contribution in [0.2, 0.25) is 0 Å². The molecule has 0 radical (unpaired) electrons. The van der Waals surface area contributed by atoms with Gasteiger partial charge in [-0.2, -0.15) is 0 Å². The summed E-state index contributed by atoms with van der Waals surface area (Å²) in [5.74, 6) is -1.68. The van der Waals surface area contributed by atoms with E-state index in [4.69, 9.17) is 9.47 Å². The molecule has 0 saturated heterocycles. The van der Waals surface area contributed by atoms with E-state index in [1.54, 1.807) is 54.6 Å². The van der Waals surface area contributed by atoms with Crippen molar-refractivity contribution in [1.82, 2.24) is 0 Å². The van der Waals surface area contributed by atoms with E-state index in [9.17, 15) is 24.0 Å². The summed E-state index contributed by atoms with van der Waals surface area (Å²) in [5, 5.41) is 0. The third-order valence-corrected chi connectivity index (χ3v) is 5.92. The van der Waals surface area contributed by atoms with E-state index in [0.29, 0.717) is 34.1 Å². The highest BCUT2D eigenvalue weighted by Gasteiger charge is 2.31. The lowest BCUT2D eigenvalue weighted by atomic mass is 10.0. The molecule has 2 aliphatic heterocycles. The molecule has 0 aliphatic carbocycles. The Bertz CT molecular complexity index is 1700. The fraction of sp³-hybridized carbons (Fsp3) is 0. The lowest BCUT2D eigenvalue weighted by Crippen LogP contribution is -2.01. The number of carbonyl (C=O) groups excluding carboxylic acids is 5.